The Labute approximate surface area is 149 Å². The number of nitro benzene ring substituents is 1. The van der Waals surface area contributed by atoms with Gasteiger partial charge >= 0.3 is 5.76 Å². The van der Waals surface area contributed by atoms with Crippen LogP contribution in [-0.2, 0) is 11.3 Å². The first kappa shape index (κ1) is 16.9. The van der Waals surface area contributed by atoms with Gasteiger partial charge in [-0.2, -0.15) is 0 Å². The Kier molecular flexibility index (Phi) is 4.41. The molecule has 1 amide bonds. The number of carbonyl (C=O) groups is 1. The van der Waals surface area contributed by atoms with Crippen LogP contribution >= 0.6 is 15.9 Å². The molecule has 0 fully saturated rings. The summed E-state index contributed by atoms with van der Waals surface area (Å²) in [5.41, 5.74) is 1.79. The van der Waals surface area contributed by atoms with E-state index in [4.69, 9.17) is 4.42 Å². The first-order valence-electron chi connectivity index (χ1n) is 7.19. The number of carbonyl (C=O) groups excluding carboxylic acids is 1. The predicted octanol–water partition coefficient (Wildman–Crippen LogP) is 3.21. The number of halogens is 1. The number of benzene rings is 2. The van der Waals surface area contributed by atoms with Crippen LogP contribution in [0.25, 0.3) is 11.1 Å². The van der Waals surface area contributed by atoms with Crippen LogP contribution in [0.15, 0.2) is 50.1 Å². The van der Waals surface area contributed by atoms with Gasteiger partial charge < -0.3 is 9.73 Å². The van der Waals surface area contributed by atoms with Crippen molar-refractivity contribution in [2.24, 2.45) is 0 Å². The third kappa shape index (κ3) is 3.45. The minimum Gasteiger partial charge on any atom is -0.407 e. The molecule has 0 radical (unpaired) electrons. The lowest BCUT2D eigenvalue weighted by atomic mass is 10.2. The lowest BCUT2D eigenvalue weighted by molar-refractivity contribution is -0.384. The standard InChI is InChI=1S/C16H12BrN3O5/c1-9-2-3-10(6-12(9)17)18-15(21)8-19-13-5-4-11(20(23)24)7-14(13)25-16(19)22/h2-7H,8H2,1H3,(H,18,21). The normalized spacial score (nSPS) is 10.8. The number of aromatic nitrogens is 1. The van der Waals surface area contributed by atoms with E-state index in [0.29, 0.717) is 11.2 Å². The number of amides is 1. The fraction of sp³-hybridized carbons (Fsp3) is 0.125. The molecule has 2 aromatic carbocycles. The molecule has 9 heteroatoms. The Bertz CT molecular complexity index is 1050. The molecule has 3 aromatic rings. The number of hydrogen-bond donors (Lipinski definition) is 1. The van der Waals surface area contributed by atoms with Gasteiger partial charge in [-0.05, 0) is 30.7 Å². The number of rotatable bonds is 4. The van der Waals surface area contributed by atoms with Crippen LogP contribution < -0.4 is 11.1 Å². The Morgan fingerprint density at radius 1 is 1.32 bits per heavy atom. The van der Waals surface area contributed by atoms with Gasteiger partial charge in [0.05, 0.1) is 16.5 Å². The van der Waals surface area contributed by atoms with E-state index in [1.54, 1.807) is 12.1 Å². The molecule has 1 heterocycles. The van der Waals surface area contributed by atoms with Crippen molar-refractivity contribution in [3.8, 4) is 0 Å². The second kappa shape index (κ2) is 6.52. The molecular weight excluding hydrogens is 394 g/mol. The fourth-order valence-corrected chi connectivity index (χ4v) is 2.71. The molecule has 0 aliphatic heterocycles. The van der Waals surface area contributed by atoms with Crippen molar-refractivity contribution in [3.63, 3.8) is 0 Å². The van der Waals surface area contributed by atoms with Crippen molar-refractivity contribution >= 4 is 44.3 Å². The molecule has 0 bridgehead atoms. The second-order valence-electron chi connectivity index (χ2n) is 5.38. The topological polar surface area (TPSA) is 107 Å². The monoisotopic (exact) mass is 405 g/mol. The van der Waals surface area contributed by atoms with Crippen molar-refractivity contribution in [2.45, 2.75) is 13.5 Å². The van der Waals surface area contributed by atoms with Gasteiger partial charge in [-0.25, -0.2) is 4.79 Å². The van der Waals surface area contributed by atoms with E-state index in [2.05, 4.69) is 21.2 Å². The van der Waals surface area contributed by atoms with E-state index in [1.165, 1.54) is 12.1 Å². The van der Waals surface area contributed by atoms with Crippen LogP contribution in [-0.4, -0.2) is 15.4 Å². The number of oxazole rings is 1. The number of non-ortho nitro benzene ring substituents is 1. The average Bonchev–Trinajstić information content (AvgIpc) is 2.86. The maximum Gasteiger partial charge on any atom is 0.420 e. The van der Waals surface area contributed by atoms with E-state index in [-0.39, 0.29) is 17.8 Å². The van der Waals surface area contributed by atoms with Gasteiger partial charge in [0, 0.05) is 16.2 Å². The summed E-state index contributed by atoms with van der Waals surface area (Å²) in [6.07, 6.45) is 0. The molecule has 1 N–H and O–H groups in total. The molecule has 8 nitrogen and oxygen atoms in total. The van der Waals surface area contributed by atoms with Crippen molar-refractivity contribution in [3.05, 3.63) is 67.1 Å². The lowest BCUT2D eigenvalue weighted by Crippen LogP contribution is -2.24. The zero-order valence-electron chi connectivity index (χ0n) is 13.0. The molecule has 0 spiro atoms. The minimum atomic E-state index is -0.754. The summed E-state index contributed by atoms with van der Waals surface area (Å²) < 4.78 is 6.96. The number of hydrogen-bond acceptors (Lipinski definition) is 5. The van der Waals surface area contributed by atoms with Crippen LogP contribution in [0.1, 0.15) is 5.56 Å². The van der Waals surface area contributed by atoms with Gasteiger partial charge in [-0.3, -0.25) is 19.5 Å². The number of nitrogens with one attached hydrogen (secondary N) is 1. The molecule has 0 aliphatic carbocycles. The molecule has 0 unspecified atom stereocenters. The number of anilines is 1. The Morgan fingerprint density at radius 3 is 2.76 bits per heavy atom. The number of fused-ring (bicyclic) bond motifs is 1. The van der Waals surface area contributed by atoms with Crippen LogP contribution in [0.4, 0.5) is 11.4 Å². The first-order valence-corrected chi connectivity index (χ1v) is 7.98. The molecule has 25 heavy (non-hydrogen) atoms. The smallest absolute Gasteiger partial charge is 0.407 e. The third-order valence-electron chi connectivity index (χ3n) is 3.62. The van der Waals surface area contributed by atoms with E-state index >= 15 is 0 Å². The summed E-state index contributed by atoms with van der Waals surface area (Å²) in [5, 5.41) is 13.5. The molecule has 3 rings (SSSR count). The lowest BCUT2D eigenvalue weighted by Gasteiger charge is -2.07. The maximum absolute atomic E-state index is 12.2. The second-order valence-corrected chi connectivity index (χ2v) is 6.23. The summed E-state index contributed by atoms with van der Waals surface area (Å²) in [4.78, 5) is 34.4. The maximum atomic E-state index is 12.2. The summed E-state index contributed by atoms with van der Waals surface area (Å²) in [6.45, 7) is 1.65. The Morgan fingerprint density at radius 2 is 2.08 bits per heavy atom. The third-order valence-corrected chi connectivity index (χ3v) is 4.47. The summed E-state index contributed by atoms with van der Waals surface area (Å²) in [5.74, 6) is -1.17. The summed E-state index contributed by atoms with van der Waals surface area (Å²) in [6, 6.07) is 9.14. The molecule has 0 saturated carbocycles. The number of nitrogens with zero attached hydrogens (tertiary/aromatic N) is 2. The van der Waals surface area contributed by atoms with Crippen molar-refractivity contribution in [1.29, 1.82) is 0 Å². The highest BCUT2D eigenvalue weighted by atomic mass is 79.9. The van der Waals surface area contributed by atoms with Crippen LogP contribution in [0.2, 0.25) is 0 Å². The molecule has 0 aliphatic rings. The van der Waals surface area contributed by atoms with Crippen molar-refractivity contribution in [1.82, 2.24) is 4.57 Å². The Balaban J connectivity index is 1.85. The molecule has 128 valence electrons. The van der Waals surface area contributed by atoms with Crippen LogP contribution in [0, 0.1) is 17.0 Å². The summed E-state index contributed by atoms with van der Waals surface area (Å²) >= 11 is 3.38. The predicted molar refractivity (Wildman–Crippen MR) is 94.6 cm³/mol. The van der Waals surface area contributed by atoms with Crippen molar-refractivity contribution < 1.29 is 14.1 Å². The highest BCUT2D eigenvalue weighted by Crippen LogP contribution is 2.22. The van der Waals surface area contributed by atoms with Crippen molar-refractivity contribution in [2.75, 3.05) is 5.32 Å². The SMILES string of the molecule is Cc1ccc(NC(=O)Cn2c(=O)oc3cc([N+](=O)[O-])ccc32)cc1Br. The molecular formula is C16H12BrN3O5. The van der Waals surface area contributed by atoms with Gasteiger partial charge in [0.1, 0.15) is 6.54 Å². The highest BCUT2D eigenvalue weighted by Gasteiger charge is 2.16. The van der Waals surface area contributed by atoms with E-state index in [1.807, 2.05) is 13.0 Å². The van der Waals surface area contributed by atoms with Gasteiger partial charge in [-0.1, -0.05) is 22.0 Å². The minimum absolute atomic E-state index is 0.0603. The van der Waals surface area contributed by atoms with Gasteiger partial charge in [0.2, 0.25) is 5.91 Å². The average molecular weight is 406 g/mol. The summed E-state index contributed by atoms with van der Waals surface area (Å²) in [7, 11) is 0. The largest absolute Gasteiger partial charge is 0.420 e. The van der Waals surface area contributed by atoms with Gasteiger partial charge in [-0.15, -0.1) is 0 Å². The Hall–Kier alpha value is -2.94. The van der Waals surface area contributed by atoms with Gasteiger partial charge in [0.15, 0.2) is 5.58 Å². The van der Waals surface area contributed by atoms with Crippen LogP contribution in [0.3, 0.4) is 0 Å². The zero-order chi connectivity index (χ0) is 18.1. The molecule has 0 saturated heterocycles. The quantitative estimate of drug-likeness (QED) is 0.529. The van der Waals surface area contributed by atoms with E-state index in [0.717, 1.165) is 20.7 Å². The molecule has 1 aromatic heterocycles. The van der Waals surface area contributed by atoms with Crippen LogP contribution in [0.5, 0.6) is 0 Å². The zero-order valence-corrected chi connectivity index (χ0v) is 14.6. The number of aryl methyl sites for hydroxylation is 1. The first-order chi connectivity index (χ1) is 11.8. The van der Waals surface area contributed by atoms with Gasteiger partial charge in [0.25, 0.3) is 5.69 Å². The number of nitro groups is 1. The van der Waals surface area contributed by atoms with E-state index in [9.17, 15) is 19.7 Å². The van der Waals surface area contributed by atoms with E-state index < -0.39 is 16.6 Å². The highest BCUT2D eigenvalue weighted by molar-refractivity contribution is 9.10. The fourth-order valence-electron chi connectivity index (χ4n) is 2.33. The molecule has 0 atom stereocenters.